The van der Waals surface area contributed by atoms with Crippen molar-refractivity contribution in [2.45, 2.75) is 27.3 Å². The van der Waals surface area contributed by atoms with Crippen molar-refractivity contribution >= 4 is 29.9 Å². The van der Waals surface area contributed by atoms with E-state index in [4.69, 9.17) is 14.5 Å². The molecule has 1 aromatic carbocycles. The molecule has 154 valence electrons. The van der Waals surface area contributed by atoms with E-state index >= 15 is 0 Å². The van der Waals surface area contributed by atoms with Crippen LogP contribution < -0.4 is 15.4 Å². The summed E-state index contributed by atoms with van der Waals surface area (Å²) in [5.74, 6) is 2.29. The van der Waals surface area contributed by atoms with Crippen LogP contribution in [0.2, 0.25) is 0 Å². The number of benzene rings is 1. The van der Waals surface area contributed by atoms with E-state index in [0.717, 1.165) is 69.8 Å². The van der Waals surface area contributed by atoms with Crippen LogP contribution >= 0.6 is 24.0 Å². The molecule has 0 aromatic heterocycles. The molecular formula is C20H35IN4O2. The Morgan fingerprint density at radius 1 is 1.26 bits per heavy atom. The van der Waals surface area contributed by atoms with Crippen LogP contribution in [0.25, 0.3) is 0 Å². The van der Waals surface area contributed by atoms with Gasteiger partial charge in [-0.05, 0) is 30.5 Å². The molecule has 2 rings (SSSR count). The summed E-state index contributed by atoms with van der Waals surface area (Å²) in [5, 5.41) is 6.73. The maximum atomic E-state index is 5.80. The number of aliphatic imine (C=N–C) groups is 1. The maximum Gasteiger partial charge on any atom is 0.191 e. The first-order valence-corrected chi connectivity index (χ1v) is 9.71. The fourth-order valence-electron chi connectivity index (χ4n) is 2.67. The highest BCUT2D eigenvalue weighted by Crippen LogP contribution is 2.15. The van der Waals surface area contributed by atoms with E-state index in [1.807, 2.05) is 12.1 Å². The number of hydrogen-bond donors (Lipinski definition) is 2. The number of halogens is 1. The van der Waals surface area contributed by atoms with E-state index < -0.39 is 0 Å². The maximum absolute atomic E-state index is 5.80. The number of morpholine rings is 1. The Balaban J connectivity index is 0.00000364. The van der Waals surface area contributed by atoms with E-state index in [-0.39, 0.29) is 24.0 Å². The summed E-state index contributed by atoms with van der Waals surface area (Å²) >= 11 is 0. The van der Waals surface area contributed by atoms with Crippen LogP contribution in [0.4, 0.5) is 0 Å². The first kappa shape index (κ1) is 24.0. The van der Waals surface area contributed by atoms with Crippen molar-refractivity contribution in [3.8, 4) is 5.75 Å². The zero-order chi connectivity index (χ0) is 18.6. The second kappa shape index (κ2) is 14.0. The van der Waals surface area contributed by atoms with Crippen molar-refractivity contribution in [3.63, 3.8) is 0 Å². The lowest BCUT2D eigenvalue weighted by atomic mass is 10.2. The number of nitrogens with one attached hydrogen (secondary N) is 2. The number of nitrogens with zero attached hydrogens (tertiary/aromatic N) is 2. The molecule has 0 unspecified atom stereocenters. The molecule has 0 saturated carbocycles. The van der Waals surface area contributed by atoms with Crippen molar-refractivity contribution in [1.29, 1.82) is 0 Å². The molecule has 7 heteroatoms. The molecule has 1 heterocycles. The lowest BCUT2D eigenvalue weighted by molar-refractivity contribution is 0.0389. The van der Waals surface area contributed by atoms with Crippen LogP contribution in [0.5, 0.6) is 5.75 Å². The number of ether oxygens (including phenoxy) is 2. The van der Waals surface area contributed by atoms with Crippen LogP contribution in [0, 0.1) is 5.92 Å². The quantitative estimate of drug-likeness (QED) is 0.317. The summed E-state index contributed by atoms with van der Waals surface area (Å²) in [6, 6.07) is 8.19. The first-order chi connectivity index (χ1) is 12.7. The summed E-state index contributed by atoms with van der Waals surface area (Å²) < 4.78 is 11.2. The summed E-state index contributed by atoms with van der Waals surface area (Å²) in [4.78, 5) is 7.11. The van der Waals surface area contributed by atoms with Gasteiger partial charge in [0.05, 0.1) is 26.4 Å². The fourth-order valence-corrected chi connectivity index (χ4v) is 2.67. The molecule has 0 atom stereocenters. The topological polar surface area (TPSA) is 58.1 Å². The second-order valence-corrected chi connectivity index (χ2v) is 6.93. The van der Waals surface area contributed by atoms with Crippen LogP contribution in [0.15, 0.2) is 29.3 Å². The minimum atomic E-state index is 0. The van der Waals surface area contributed by atoms with Gasteiger partial charge in [0.2, 0.25) is 0 Å². The Morgan fingerprint density at radius 3 is 2.74 bits per heavy atom. The molecule has 0 aliphatic carbocycles. The van der Waals surface area contributed by atoms with Gasteiger partial charge >= 0.3 is 0 Å². The van der Waals surface area contributed by atoms with Gasteiger partial charge in [-0.2, -0.15) is 0 Å². The van der Waals surface area contributed by atoms with Crippen LogP contribution in [-0.2, 0) is 11.3 Å². The molecule has 1 aliphatic rings. The van der Waals surface area contributed by atoms with E-state index in [0.29, 0.717) is 12.5 Å². The molecule has 1 fully saturated rings. The van der Waals surface area contributed by atoms with E-state index in [9.17, 15) is 0 Å². The predicted molar refractivity (Wildman–Crippen MR) is 122 cm³/mol. The second-order valence-electron chi connectivity index (χ2n) is 6.93. The fraction of sp³-hybridized carbons (Fsp3) is 0.650. The molecule has 0 spiro atoms. The molecule has 1 saturated heterocycles. The van der Waals surface area contributed by atoms with Gasteiger partial charge < -0.3 is 20.1 Å². The van der Waals surface area contributed by atoms with Gasteiger partial charge in [-0.1, -0.05) is 26.0 Å². The first-order valence-electron chi connectivity index (χ1n) is 9.71. The highest BCUT2D eigenvalue weighted by atomic mass is 127. The molecule has 1 aromatic rings. The number of guanidine groups is 1. The van der Waals surface area contributed by atoms with Crippen molar-refractivity contribution in [1.82, 2.24) is 15.5 Å². The smallest absolute Gasteiger partial charge is 0.191 e. The lowest BCUT2D eigenvalue weighted by Gasteiger charge is -2.26. The molecule has 1 aliphatic heterocycles. The average molecular weight is 490 g/mol. The Hall–Kier alpha value is -1.06. The summed E-state index contributed by atoms with van der Waals surface area (Å²) in [5.41, 5.74) is 1.15. The van der Waals surface area contributed by atoms with Crippen molar-refractivity contribution in [2.75, 3.05) is 52.5 Å². The van der Waals surface area contributed by atoms with E-state index in [2.05, 4.69) is 48.4 Å². The third-order valence-electron chi connectivity index (χ3n) is 4.07. The molecule has 6 nitrogen and oxygen atoms in total. The van der Waals surface area contributed by atoms with Crippen LogP contribution in [0.1, 0.15) is 26.3 Å². The highest BCUT2D eigenvalue weighted by molar-refractivity contribution is 14.0. The number of rotatable bonds is 9. The molecule has 27 heavy (non-hydrogen) atoms. The molecule has 2 N–H and O–H groups in total. The van der Waals surface area contributed by atoms with Gasteiger partial charge in [0.1, 0.15) is 5.75 Å². The van der Waals surface area contributed by atoms with E-state index in [1.54, 1.807) is 0 Å². The summed E-state index contributed by atoms with van der Waals surface area (Å²) in [6.07, 6.45) is 0. The normalized spacial score (nSPS) is 15.3. The predicted octanol–water partition coefficient (Wildman–Crippen LogP) is 2.73. The Labute approximate surface area is 181 Å². The van der Waals surface area contributed by atoms with Crippen LogP contribution in [-0.4, -0.2) is 63.4 Å². The van der Waals surface area contributed by atoms with Crippen molar-refractivity contribution < 1.29 is 9.47 Å². The molecule has 0 radical (unpaired) electrons. The SMILES string of the molecule is CCNC(=NCc1cccc(OCC(C)C)c1)NCCN1CCOCC1.I. The lowest BCUT2D eigenvalue weighted by Crippen LogP contribution is -2.44. The molecule has 0 amide bonds. The Kier molecular flexibility index (Phi) is 12.4. The molecule has 0 bridgehead atoms. The number of hydrogen-bond acceptors (Lipinski definition) is 4. The zero-order valence-electron chi connectivity index (χ0n) is 16.9. The van der Waals surface area contributed by atoms with Gasteiger partial charge in [-0.3, -0.25) is 4.90 Å². The Bertz CT molecular complexity index is 549. The average Bonchev–Trinajstić information content (AvgIpc) is 2.65. The summed E-state index contributed by atoms with van der Waals surface area (Å²) in [7, 11) is 0. The molecular weight excluding hydrogens is 455 g/mol. The zero-order valence-corrected chi connectivity index (χ0v) is 19.2. The van der Waals surface area contributed by atoms with Gasteiger partial charge in [-0.15, -0.1) is 24.0 Å². The monoisotopic (exact) mass is 490 g/mol. The van der Waals surface area contributed by atoms with Crippen LogP contribution in [0.3, 0.4) is 0 Å². The van der Waals surface area contributed by atoms with Gasteiger partial charge in [0.15, 0.2) is 5.96 Å². The van der Waals surface area contributed by atoms with Crippen molar-refractivity contribution in [3.05, 3.63) is 29.8 Å². The largest absolute Gasteiger partial charge is 0.493 e. The van der Waals surface area contributed by atoms with Crippen molar-refractivity contribution in [2.24, 2.45) is 10.9 Å². The van der Waals surface area contributed by atoms with E-state index in [1.165, 1.54) is 0 Å². The standard InChI is InChI=1S/C20H34N4O2.HI/c1-4-21-20(22-8-9-24-10-12-25-13-11-24)23-15-18-6-5-7-19(14-18)26-16-17(2)3;/h5-7,14,17H,4,8-13,15-16H2,1-3H3,(H2,21,22,23);1H. The minimum absolute atomic E-state index is 0. The third-order valence-corrected chi connectivity index (χ3v) is 4.07. The highest BCUT2D eigenvalue weighted by Gasteiger charge is 2.09. The Morgan fingerprint density at radius 2 is 2.04 bits per heavy atom. The minimum Gasteiger partial charge on any atom is -0.493 e. The van der Waals surface area contributed by atoms with Gasteiger partial charge in [-0.25, -0.2) is 4.99 Å². The third kappa shape index (κ3) is 10.2. The van der Waals surface area contributed by atoms with Gasteiger partial charge in [0, 0.05) is 32.7 Å². The summed E-state index contributed by atoms with van der Waals surface area (Å²) in [6.45, 7) is 14.2. The van der Waals surface area contributed by atoms with Gasteiger partial charge in [0.25, 0.3) is 0 Å².